The van der Waals surface area contributed by atoms with Crippen LogP contribution in [0.15, 0.2) is 16.3 Å². The van der Waals surface area contributed by atoms with Crippen LogP contribution in [0.3, 0.4) is 0 Å². The summed E-state index contributed by atoms with van der Waals surface area (Å²) in [7, 11) is 1.56. The van der Waals surface area contributed by atoms with Crippen LogP contribution in [-0.4, -0.2) is 41.5 Å². The van der Waals surface area contributed by atoms with Crippen molar-refractivity contribution in [1.82, 2.24) is 34.8 Å². The number of nitrogens with zero attached hydrogens (tertiary/aromatic N) is 6. The number of carbonyl (C=O) groups is 1. The summed E-state index contributed by atoms with van der Waals surface area (Å²) in [6, 6.07) is -0.166. The summed E-state index contributed by atoms with van der Waals surface area (Å²) in [4.78, 5) is 20.7. The van der Waals surface area contributed by atoms with Gasteiger partial charge in [-0.3, -0.25) is 9.48 Å². The van der Waals surface area contributed by atoms with E-state index in [1.807, 2.05) is 0 Å². The van der Waals surface area contributed by atoms with Gasteiger partial charge in [-0.15, -0.1) is 16.4 Å². The van der Waals surface area contributed by atoms with Gasteiger partial charge in [-0.2, -0.15) is 18.3 Å². The Labute approximate surface area is 168 Å². The van der Waals surface area contributed by atoms with Crippen molar-refractivity contribution >= 4 is 33.2 Å². The number of aromatic nitrogens is 6. The highest BCUT2D eigenvalue weighted by Crippen LogP contribution is 2.34. The maximum absolute atomic E-state index is 12.8. The van der Waals surface area contributed by atoms with Crippen molar-refractivity contribution < 1.29 is 18.0 Å². The molecule has 148 valence electrons. The molecule has 3 aromatic rings. The lowest BCUT2D eigenvalue weighted by Gasteiger charge is -2.23. The van der Waals surface area contributed by atoms with Gasteiger partial charge in [-0.05, 0) is 22.4 Å². The summed E-state index contributed by atoms with van der Waals surface area (Å²) in [5.41, 5.74) is -0.557. The number of hydrogen-bond donors (Lipinski definition) is 1. The monoisotopic (exact) mass is 475 g/mol. The zero-order valence-corrected chi connectivity index (χ0v) is 16.8. The molecule has 1 aliphatic rings. The molecule has 0 aliphatic carbocycles. The first kappa shape index (κ1) is 19.1. The molecule has 0 saturated heterocycles. The zero-order valence-electron chi connectivity index (χ0n) is 14.4. The maximum atomic E-state index is 12.8. The van der Waals surface area contributed by atoms with Gasteiger partial charge in [-0.25, -0.2) is 14.6 Å². The highest BCUT2D eigenvalue weighted by Gasteiger charge is 2.34. The van der Waals surface area contributed by atoms with Crippen molar-refractivity contribution in [2.75, 3.05) is 0 Å². The summed E-state index contributed by atoms with van der Waals surface area (Å²) >= 11 is 4.05. The molecule has 1 unspecified atom stereocenters. The second-order valence-electron chi connectivity index (χ2n) is 6.25. The Morgan fingerprint density at radius 2 is 2.18 bits per heavy atom. The molecular formula is C15H13BrF3N7OS. The SMILES string of the molecule is Cn1ncc(-c2nc(C(F)(F)F)cs2)c1C(=O)NC1CCn2nc(Br)nc2C1. The fourth-order valence-corrected chi connectivity index (χ4v) is 4.28. The van der Waals surface area contributed by atoms with Crippen LogP contribution in [0, 0.1) is 0 Å². The molecule has 0 aromatic carbocycles. The minimum Gasteiger partial charge on any atom is -0.347 e. The Morgan fingerprint density at radius 3 is 2.89 bits per heavy atom. The average molecular weight is 476 g/mol. The quantitative estimate of drug-likeness (QED) is 0.628. The van der Waals surface area contributed by atoms with Crippen LogP contribution >= 0.6 is 27.3 Å². The minimum absolute atomic E-state index is 0.0953. The van der Waals surface area contributed by atoms with Crippen LogP contribution in [0.1, 0.15) is 28.4 Å². The molecule has 0 bridgehead atoms. The third kappa shape index (κ3) is 3.55. The number of fused-ring (bicyclic) bond motifs is 1. The first-order valence-electron chi connectivity index (χ1n) is 8.17. The van der Waals surface area contributed by atoms with E-state index < -0.39 is 17.8 Å². The number of thiazole rings is 1. The summed E-state index contributed by atoms with van der Waals surface area (Å²) in [5, 5.41) is 12.2. The second kappa shape index (κ2) is 6.95. The molecule has 28 heavy (non-hydrogen) atoms. The Bertz CT molecular complexity index is 1040. The minimum atomic E-state index is -4.54. The van der Waals surface area contributed by atoms with E-state index in [-0.39, 0.29) is 22.3 Å². The predicted octanol–water partition coefficient (Wildman–Crippen LogP) is 2.66. The number of nitrogens with one attached hydrogen (secondary N) is 1. The topological polar surface area (TPSA) is 90.5 Å². The normalized spacial score (nSPS) is 16.8. The molecule has 13 heteroatoms. The van der Waals surface area contributed by atoms with Crippen molar-refractivity contribution in [3.63, 3.8) is 0 Å². The highest BCUT2D eigenvalue weighted by atomic mass is 79.9. The summed E-state index contributed by atoms with van der Waals surface area (Å²) in [5.74, 6) is 0.333. The number of aryl methyl sites for hydroxylation is 2. The Kier molecular flexibility index (Phi) is 4.73. The van der Waals surface area contributed by atoms with Gasteiger partial charge < -0.3 is 5.32 Å². The lowest BCUT2D eigenvalue weighted by molar-refractivity contribution is -0.140. The molecule has 1 aliphatic heterocycles. The number of alkyl halides is 3. The van der Waals surface area contributed by atoms with Gasteiger partial charge in [0.05, 0.1) is 11.8 Å². The van der Waals surface area contributed by atoms with Gasteiger partial charge in [0.15, 0.2) is 5.69 Å². The van der Waals surface area contributed by atoms with Crippen LogP contribution in [-0.2, 0) is 26.2 Å². The number of rotatable bonds is 3. The second-order valence-corrected chi connectivity index (χ2v) is 7.82. The van der Waals surface area contributed by atoms with Crippen molar-refractivity contribution in [1.29, 1.82) is 0 Å². The molecule has 0 saturated carbocycles. The van der Waals surface area contributed by atoms with Gasteiger partial charge in [0.2, 0.25) is 4.73 Å². The van der Waals surface area contributed by atoms with E-state index in [0.717, 1.165) is 22.5 Å². The number of carbonyl (C=O) groups excluding carboxylic acids is 1. The smallest absolute Gasteiger partial charge is 0.347 e. The van der Waals surface area contributed by atoms with Crippen molar-refractivity contribution in [2.45, 2.75) is 31.6 Å². The number of halogens is 4. The predicted molar refractivity (Wildman–Crippen MR) is 96.6 cm³/mol. The molecular weight excluding hydrogens is 463 g/mol. The van der Waals surface area contributed by atoms with E-state index in [2.05, 4.69) is 41.4 Å². The van der Waals surface area contributed by atoms with E-state index in [9.17, 15) is 18.0 Å². The van der Waals surface area contributed by atoms with Crippen molar-refractivity contribution in [2.24, 2.45) is 7.05 Å². The van der Waals surface area contributed by atoms with E-state index in [4.69, 9.17) is 0 Å². The fraction of sp³-hybridized carbons (Fsp3) is 0.400. The number of amides is 1. The summed E-state index contributed by atoms with van der Waals surface area (Å²) in [6.07, 6.45) is -2.02. The van der Waals surface area contributed by atoms with Crippen molar-refractivity contribution in [3.8, 4) is 10.6 Å². The maximum Gasteiger partial charge on any atom is 0.434 e. The first-order chi connectivity index (χ1) is 13.2. The van der Waals surface area contributed by atoms with E-state index >= 15 is 0 Å². The Hall–Kier alpha value is -2.28. The summed E-state index contributed by atoms with van der Waals surface area (Å²) in [6.45, 7) is 0.610. The third-order valence-corrected chi connectivity index (χ3v) is 5.57. The fourth-order valence-electron chi connectivity index (χ4n) is 3.04. The van der Waals surface area contributed by atoms with Crippen LogP contribution in [0.25, 0.3) is 10.6 Å². The zero-order chi connectivity index (χ0) is 20.1. The molecule has 1 N–H and O–H groups in total. The van der Waals surface area contributed by atoms with E-state index in [1.165, 1.54) is 10.9 Å². The molecule has 1 amide bonds. The number of hydrogen-bond acceptors (Lipinski definition) is 6. The first-order valence-corrected chi connectivity index (χ1v) is 9.85. The Balaban J connectivity index is 1.56. The molecule has 4 rings (SSSR count). The van der Waals surface area contributed by atoms with Gasteiger partial charge in [0.1, 0.15) is 16.5 Å². The molecule has 0 spiro atoms. The lowest BCUT2D eigenvalue weighted by atomic mass is 10.1. The molecule has 0 radical (unpaired) electrons. The van der Waals surface area contributed by atoms with Gasteiger partial charge >= 0.3 is 6.18 Å². The molecule has 3 aromatic heterocycles. The molecule has 1 atom stereocenters. The Morgan fingerprint density at radius 1 is 1.39 bits per heavy atom. The molecule has 8 nitrogen and oxygen atoms in total. The van der Waals surface area contributed by atoms with E-state index in [0.29, 0.717) is 24.1 Å². The highest BCUT2D eigenvalue weighted by molar-refractivity contribution is 9.10. The van der Waals surface area contributed by atoms with E-state index in [1.54, 1.807) is 11.7 Å². The average Bonchev–Trinajstić information content (AvgIpc) is 3.30. The third-order valence-electron chi connectivity index (χ3n) is 4.35. The van der Waals surface area contributed by atoms with Gasteiger partial charge in [0, 0.05) is 31.4 Å². The van der Waals surface area contributed by atoms with Crippen LogP contribution in [0.5, 0.6) is 0 Å². The van der Waals surface area contributed by atoms with Crippen LogP contribution in [0.4, 0.5) is 13.2 Å². The molecule has 4 heterocycles. The molecule has 0 fully saturated rings. The van der Waals surface area contributed by atoms with Crippen LogP contribution < -0.4 is 5.32 Å². The lowest BCUT2D eigenvalue weighted by Crippen LogP contribution is -2.41. The summed E-state index contributed by atoms with van der Waals surface area (Å²) < 4.78 is 42.1. The largest absolute Gasteiger partial charge is 0.434 e. The standard InChI is InChI=1S/C15H13BrF3N7OS/c1-25-11(8(5-20-25)13-22-9(6-28-13)15(17,18)19)12(27)21-7-2-3-26-10(4-7)23-14(16)24-26/h5-7H,2-4H2,1H3,(H,21,27). The van der Waals surface area contributed by atoms with Gasteiger partial charge in [-0.1, -0.05) is 0 Å². The van der Waals surface area contributed by atoms with Gasteiger partial charge in [0.25, 0.3) is 5.91 Å². The van der Waals surface area contributed by atoms with Crippen molar-refractivity contribution in [3.05, 3.63) is 33.5 Å². The van der Waals surface area contributed by atoms with Crippen LogP contribution in [0.2, 0.25) is 0 Å².